The van der Waals surface area contributed by atoms with Gasteiger partial charge in [0.05, 0.1) is 11.1 Å². The Morgan fingerprint density at radius 1 is 1.28 bits per heavy atom. The van der Waals surface area contributed by atoms with E-state index in [2.05, 4.69) is 20.3 Å². The third-order valence-corrected chi connectivity index (χ3v) is 3.82. The van der Waals surface area contributed by atoms with Gasteiger partial charge in [-0.2, -0.15) is 4.98 Å². The number of hydrogen-bond donors (Lipinski definition) is 1. The van der Waals surface area contributed by atoms with Gasteiger partial charge in [-0.05, 0) is 25.3 Å². The molecule has 0 aliphatic carbocycles. The molecule has 0 amide bonds. The molecule has 0 unspecified atom stereocenters. The second-order valence-corrected chi connectivity index (χ2v) is 4.94. The molecule has 0 aliphatic rings. The first-order valence-corrected chi connectivity index (χ1v) is 6.52. The average molecular weight is 259 g/mol. The van der Waals surface area contributed by atoms with E-state index >= 15 is 0 Å². The van der Waals surface area contributed by atoms with Crippen LogP contribution in [-0.2, 0) is 0 Å². The van der Waals surface area contributed by atoms with Crippen LogP contribution in [0, 0.1) is 13.8 Å². The molecule has 92 valence electrons. The number of fused-ring (bicyclic) bond motifs is 1. The van der Waals surface area contributed by atoms with Crippen molar-refractivity contribution in [1.29, 1.82) is 0 Å². The quantitative estimate of drug-likeness (QED) is 0.768. The van der Waals surface area contributed by atoms with Gasteiger partial charge in [0.25, 0.3) is 0 Å². The van der Waals surface area contributed by atoms with Crippen LogP contribution in [0.15, 0.2) is 17.8 Å². The number of imidazole rings is 1. The fourth-order valence-corrected chi connectivity index (χ4v) is 2.61. The lowest BCUT2D eigenvalue weighted by atomic mass is 10.3. The van der Waals surface area contributed by atoms with Crippen molar-refractivity contribution < 1.29 is 0 Å². The summed E-state index contributed by atoms with van der Waals surface area (Å²) in [6.45, 7) is 4.04. The van der Waals surface area contributed by atoms with E-state index in [-0.39, 0.29) is 0 Å². The zero-order chi connectivity index (χ0) is 12.7. The van der Waals surface area contributed by atoms with Crippen LogP contribution in [0.5, 0.6) is 0 Å². The number of aryl methyl sites for hydroxylation is 1. The van der Waals surface area contributed by atoms with Crippen molar-refractivity contribution in [2.24, 2.45) is 0 Å². The van der Waals surface area contributed by atoms with E-state index in [1.807, 2.05) is 43.2 Å². The number of rotatable bonds is 2. The third kappa shape index (κ3) is 1.57. The van der Waals surface area contributed by atoms with Crippen LogP contribution in [-0.4, -0.2) is 26.6 Å². The molecule has 3 aromatic heterocycles. The highest BCUT2D eigenvalue weighted by Gasteiger charge is 2.12. The molecule has 1 N–H and O–H groups in total. The fourth-order valence-electron chi connectivity index (χ4n) is 1.85. The topological polar surface area (TPSA) is 55.6 Å². The van der Waals surface area contributed by atoms with Gasteiger partial charge in [-0.25, -0.2) is 9.97 Å². The Balaban J connectivity index is 2.33. The molecule has 0 radical (unpaired) electrons. The van der Waals surface area contributed by atoms with Gasteiger partial charge in [0.1, 0.15) is 11.2 Å². The number of hydrogen-bond acceptors (Lipinski definition) is 5. The van der Waals surface area contributed by atoms with Crippen molar-refractivity contribution in [3.63, 3.8) is 0 Å². The zero-order valence-corrected chi connectivity index (χ0v) is 11.2. The Bertz CT molecular complexity index is 712. The first kappa shape index (κ1) is 11.2. The lowest BCUT2D eigenvalue weighted by Crippen LogP contribution is -2.04. The van der Waals surface area contributed by atoms with E-state index in [0.29, 0.717) is 5.95 Å². The molecule has 3 heterocycles. The van der Waals surface area contributed by atoms with Crippen LogP contribution in [0.3, 0.4) is 0 Å². The first-order chi connectivity index (χ1) is 8.70. The molecule has 0 bridgehead atoms. The second-order valence-electron chi connectivity index (χ2n) is 4.05. The molecule has 0 saturated heterocycles. The molecule has 3 aromatic rings. The van der Waals surface area contributed by atoms with Gasteiger partial charge in [-0.1, -0.05) is 0 Å². The normalized spacial score (nSPS) is 11.1. The van der Waals surface area contributed by atoms with Crippen molar-refractivity contribution in [3.05, 3.63) is 29.2 Å². The van der Waals surface area contributed by atoms with E-state index in [0.717, 1.165) is 27.4 Å². The fraction of sp³-hybridized carbons (Fsp3) is 0.250. The zero-order valence-electron chi connectivity index (χ0n) is 10.4. The summed E-state index contributed by atoms with van der Waals surface area (Å²) in [6.07, 6.45) is 1.81. The van der Waals surface area contributed by atoms with Crippen LogP contribution >= 0.6 is 11.3 Å². The van der Waals surface area contributed by atoms with Crippen LogP contribution in [0.4, 0.5) is 5.95 Å². The molecule has 0 spiro atoms. The number of anilines is 1. The highest BCUT2D eigenvalue weighted by Crippen LogP contribution is 2.26. The third-order valence-electron chi connectivity index (χ3n) is 3.01. The highest BCUT2D eigenvalue weighted by molar-refractivity contribution is 7.16. The Morgan fingerprint density at radius 3 is 2.78 bits per heavy atom. The Morgan fingerprint density at radius 2 is 2.11 bits per heavy atom. The van der Waals surface area contributed by atoms with Crippen LogP contribution in [0.25, 0.3) is 16.0 Å². The lowest BCUT2D eigenvalue weighted by Gasteiger charge is -2.08. The SMILES string of the molecule is CNc1nc(-n2cnc(C)c2C)c2ccsc2n1. The van der Waals surface area contributed by atoms with E-state index in [1.54, 1.807) is 11.3 Å². The Labute approximate surface area is 109 Å². The van der Waals surface area contributed by atoms with E-state index in [1.165, 1.54) is 0 Å². The minimum Gasteiger partial charge on any atom is -0.357 e. The summed E-state index contributed by atoms with van der Waals surface area (Å²) in [5.41, 5.74) is 2.12. The molecule has 18 heavy (non-hydrogen) atoms. The van der Waals surface area contributed by atoms with Crippen molar-refractivity contribution in [2.45, 2.75) is 13.8 Å². The van der Waals surface area contributed by atoms with Gasteiger partial charge in [0, 0.05) is 12.7 Å². The number of nitrogens with zero attached hydrogens (tertiary/aromatic N) is 4. The number of thiophene rings is 1. The average Bonchev–Trinajstić information content (AvgIpc) is 2.97. The maximum absolute atomic E-state index is 4.54. The van der Waals surface area contributed by atoms with Gasteiger partial charge in [0.15, 0.2) is 5.82 Å². The molecule has 0 aromatic carbocycles. The molecule has 0 aliphatic heterocycles. The van der Waals surface area contributed by atoms with Crippen LogP contribution < -0.4 is 5.32 Å². The van der Waals surface area contributed by atoms with Gasteiger partial charge < -0.3 is 5.32 Å². The minimum absolute atomic E-state index is 0.630. The molecule has 6 heteroatoms. The maximum atomic E-state index is 4.54. The van der Waals surface area contributed by atoms with E-state index < -0.39 is 0 Å². The number of aromatic nitrogens is 4. The molecular weight excluding hydrogens is 246 g/mol. The molecule has 0 atom stereocenters. The minimum atomic E-state index is 0.630. The summed E-state index contributed by atoms with van der Waals surface area (Å²) in [5, 5.41) is 6.08. The summed E-state index contributed by atoms with van der Waals surface area (Å²) in [6, 6.07) is 2.05. The van der Waals surface area contributed by atoms with Crippen LogP contribution in [0.1, 0.15) is 11.4 Å². The van der Waals surface area contributed by atoms with Crippen molar-refractivity contribution >= 4 is 27.5 Å². The summed E-state index contributed by atoms with van der Waals surface area (Å²) < 4.78 is 2.01. The predicted octanol–water partition coefficient (Wildman–Crippen LogP) is 2.54. The van der Waals surface area contributed by atoms with Crippen molar-refractivity contribution in [2.75, 3.05) is 12.4 Å². The first-order valence-electron chi connectivity index (χ1n) is 5.64. The summed E-state index contributed by atoms with van der Waals surface area (Å²) in [4.78, 5) is 14.3. The Kier molecular flexibility index (Phi) is 2.52. The van der Waals surface area contributed by atoms with Gasteiger partial charge >= 0.3 is 0 Å². The standard InChI is InChI=1S/C12H13N5S/c1-7-8(2)17(6-14-7)10-9-4-5-18-11(9)16-12(13-3)15-10/h4-6H,1-3H3,(H,13,15,16). The second kappa shape index (κ2) is 4.06. The van der Waals surface area contributed by atoms with Gasteiger partial charge in [-0.15, -0.1) is 11.3 Å². The molecule has 3 rings (SSSR count). The van der Waals surface area contributed by atoms with Crippen LogP contribution in [0.2, 0.25) is 0 Å². The Hall–Kier alpha value is -1.95. The monoisotopic (exact) mass is 259 g/mol. The summed E-state index contributed by atoms with van der Waals surface area (Å²) in [7, 11) is 1.82. The van der Waals surface area contributed by atoms with Crippen molar-refractivity contribution in [1.82, 2.24) is 19.5 Å². The smallest absolute Gasteiger partial charge is 0.225 e. The predicted molar refractivity (Wildman–Crippen MR) is 73.6 cm³/mol. The molecule has 0 saturated carbocycles. The molecule has 5 nitrogen and oxygen atoms in total. The van der Waals surface area contributed by atoms with Crippen molar-refractivity contribution in [3.8, 4) is 5.82 Å². The summed E-state index contributed by atoms with van der Waals surface area (Å²) in [5.74, 6) is 1.51. The maximum Gasteiger partial charge on any atom is 0.225 e. The molecular formula is C12H13N5S. The van der Waals surface area contributed by atoms with Gasteiger partial charge in [-0.3, -0.25) is 4.57 Å². The number of nitrogens with one attached hydrogen (secondary N) is 1. The summed E-state index contributed by atoms with van der Waals surface area (Å²) >= 11 is 1.61. The van der Waals surface area contributed by atoms with E-state index in [9.17, 15) is 0 Å². The largest absolute Gasteiger partial charge is 0.357 e. The van der Waals surface area contributed by atoms with E-state index in [4.69, 9.17) is 0 Å². The van der Waals surface area contributed by atoms with Gasteiger partial charge in [0.2, 0.25) is 5.95 Å². The highest BCUT2D eigenvalue weighted by atomic mass is 32.1. The molecule has 0 fully saturated rings. The lowest BCUT2D eigenvalue weighted by molar-refractivity contribution is 0.955.